The number of hydrogen-bond donors (Lipinski definition) is 1. The van der Waals surface area contributed by atoms with Crippen LogP contribution in [0, 0.1) is 0 Å². The zero-order valence-electron chi connectivity index (χ0n) is 9.84. The molecule has 2 heterocycles. The lowest BCUT2D eigenvalue weighted by Gasteiger charge is -2.04. The van der Waals surface area contributed by atoms with Gasteiger partial charge in [0.05, 0.1) is 12.8 Å². The van der Waals surface area contributed by atoms with Crippen LogP contribution in [0.25, 0.3) is 10.9 Å². The lowest BCUT2D eigenvalue weighted by atomic mass is 10.2. The summed E-state index contributed by atoms with van der Waals surface area (Å²) in [5.41, 5.74) is 1.25. The number of carbonyl (C=O) groups is 1. The Morgan fingerprint density at radius 2 is 2.16 bits per heavy atom. The predicted molar refractivity (Wildman–Crippen MR) is 74.4 cm³/mol. The molecule has 0 saturated carbocycles. The molecule has 0 amide bonds. The van der Waals surface area contributed by atoms with Crippen LogP contribution in [-0.2, 0) is 6.54 Å². The summed E-state index contributed by atoms with van der Waals surface area (Å²) < 4.78 is 8.24. The van der Waals surface area contributed by atoms with Crippen molar-refractivity contribution in [3.8, 4) is 0 Å². The maximum absolute atomic E-state index is 11.0. The highest BCUT2D eigenvalue weighted by Gasteiger charge is 2.14. The number of carboxylic acids is 1. The quantitative estimate of drug-likeness (QED) is 0.800. The molecule has 0 atom stereocenters. The van der Waals surface area contributed by atoms with Gasteiger partial charge >= 0.3 is 5.97 Å². The SMILES string of the molecule is O=C(O)c1ccoc1Cn1ccc2cc(Br)ccc21. The molecular weight excluding hydrogens is 310 g/mol. The molecule has 0 saturated heterocycles. The normalized spacial score (nSPS) is 11.0. The van der Waals surface area contributed by atoms with Crippen LogP contribution in [0.3, 0.4) is 0 Å². The molecule has 0 aliphatic rings. The van der Waals surface area contributed by atoms with Crippen LogP contribution in [0.5, 0.6) is 0 Å². The smallest absolute Gasteiger partial charge is 0.339 e. The molecule has 0 bridgehead atoms. The van der Waals surface area contributed by atoms with Crippen molar-refractivity contribution in [2.24, 2.45) is 0 Å². The first-order chi connectivity index (χ1) is 9.15. The molecule has 19 heavy (non-hydrogen) atoms. The number of carboxylic acid groups (broad SMARTS) is 1. The Balaban J connectivity index is 2.01. The number of hydrogen-bond acceptors (Lipinski definition) is 2. The van der Waals surface area contributed by atoms with E-state index in [9.17, 15) is 4.79 Å². The van der Waals surface area contributed by atoms with Gasteiger partial charge in [-0.25, -0.2) is 4.79 Å². The molecule has 1 aromatic carbocycles. The van der Waals surface area contributed by atoms with Gasteiger partial charge in [-0.3, -0.25) is 0 Å². The van der Waals surface area contributed by atoms with Crippen LogP contribution < -0.4 is 0 Å². The molecule has 0 radical (unpaired) electrons. The summed E-state index contributed by atoms with van der Waals surface area (Å²) in [5, 5.41) is 10.2. The molecule has 96 valence electrons. The summed E-state index contributed by atoms with van der Waals surface area (Å²) >= 11 is 3.43. The third kappa shape index (κ3) is 2.17. The van der Waals surface area contributed by atoms with E-state index in [4.69, 9.17) is 9.52 Å². The van der Waals surface area contributed by atoms with Gasteiger partial charge in [0, 0.05) is 21.6 Å². The summed E-state index contributed by atoms with van der Waals surface area (Å²) in [6.45, 7) is 0.403. The van der Waals surface area contributed by atoms with Gasteiger partial charge in [-0.2, -0.15) is 0 Å². The highest BCUT2D eigenvalue weighted by molar-refractivity contribution is 9.10. The molecular formula is C14H10BrNO3. The summed E-state index contributed by atoms with van der Waals surface area (Å²) in [4.78, 5) is 11.0. The third-order valence-electron chi connectivity index (χ3n) is 3.02. The molecule has 5 heteroatoms. The molecule has 2 aromatic heterocycles. The lowest BCUT2D eigenvalue weighted by Crippen LogP contribution is -2.03. The fourth-order valence-electron chi connectivity index (χ4n) is 2.12. The van der Waals surface area contributed by atoms with Gasteiger partial charge in [0.25, 0.3) is 0 Å². The number of nitrogens with zero attached hydrogens (tertiary/aromatic N) is 1. The van der Waals surface area contributed by atoms with Crippen molar-refractivity contribution in [1.82, 2.24) is 4.57 Å². The van der Waals surface area contributed by atoms with Crippen molar-refractivity contribution in [3.05, 3.63) is 58.6 Å². The molecule has 1 N–H and O–H groups in total. The van der Waals surface area contributed by atoms with Crippen molar-refractivity contribution < 1.29 is 14.3 Å². The summed E-state index contributed by atoms with van der Waals surface area (Å²) in [6.07, 6.45) is 3.33. The number of rotatable bonds is 3. The fourth-order valence-corrected chi connectivity index (χ4v) is 2.50. The van der Waals surface area contributed by atoms with E-state index in [1.54, 1.807) is 0 Å². The molecule has 0 fully saturated rings. The van der Waals surface area contributed by atoms with Crippen molar-refractivity contribution in [2.75, 3.05) is 0 Å². The van der Waals surface area contributed by atoms with Gasteiger partial charge < -0.3 is 14.1 Å². The monoisotopic (exact) mass is 319 g/mol. The second-order valence-electron chi connectivity index (χ2n) is 4.21. The third-order valence-corrected chi connectivity index (χ3v) is 3.52. The zero-order chi connectivity index (χ0) is 13.4. The van der Waals surface area contributed by atoms with Gasteiger partial charge in [-0.1, -0.05) is 15.9 Å². The standard InChI is InChI=1S/C14H10BrNO3/c15-10-1-2-12-9(7-10)3-5-16(12)8-13-11(14(17)18)4-6-19-13/h1-7H,8H2,(H,17,18). The zero-order valence-corrected chi connectivity index (χ0v) is 11.4. The summed E-state index contributed by atoms with van der Waals surface area (Å²) in [5.74, 6) is -0.518. The van der Waals surface area contributed by atoms with E-state index in [0.717, 1.165) is 15.4 Å². The molecule has 4 nitrogen and oxygen atoms in total. The average molecular weight is 320 g/mol. The van der Waals surface area contributed by atoms with E-state index >= 15 is 0 Å². The van der Waals surface area contributed by atoms with Crippen LogP contribution in [0.4, 0.5) is 0 Å². The summed E-state index contributed by atoms with van der Waals surface area (Å²) in [7, 11) is 0. The minimum absolute atomic E-state index is 0.207. The number of furan rings is 1. The van der Waals surface area contributed by atoms with Gasteiger partial charge in [-0.05, 0) is 30.3 Å². The summed E-state index contributed by atoms with van der Waals surface area (Å²) in [6, 6.07) is 9.43. The highest BCUT2D eigenvalue weighted by atomic mass is 79.9. The number of aromatic nitrogens is 1. The number of fused-ring (bicyclic) bond motifs is 1. The first-order valence-electron chi connectivity index (χ1n) is 5.69. The van der Waals surface area contributed by atoms with Gasteiger partial charge in [0.1, 0.15) is 11.3 Å². The van der Waals surface area contributed by atoms with E-state index < -0.39 is 5.97 Å². The van der Waals surface area contributed by atoms with E-state index in [1.165, 1.54) is 12.3 Å². The first kappa shape index (κ1) is 12.0. The maximum Gasteiger partial charge on any atom is 0.339 e. The molecule has 3 aromatic rings. The Morgan fingerprint density at radius 1 is 1.32 bits per heavy atom. The first-order valence-corrected chi connectivity index (χ1v) is 6.48. The molecule has 0 aliphatic carbocycles. The number of aromatic carboxylic acids is 1. The molecule has 0 aliphatic heterocycles. The second kappa shape index (κ2) is 4.59. The Labute approximate surface area is 117 Å². The molecule has 3 rings (SSSR count). The van der Waals surface area contributed by atoms with Crippen molar-refractivity contribution in [3.63, 3.8) is 0 Å². The number of halogens is 1. The van der Waals surface area contributed by atoms with Crippen LogP contribution >= 0.6 is 15.9 Å². The maximum atomic E-state index is 11.0. The van der Waals surface area contributed by atoms with Crippen LogP contribution in [0.1, 0.15) is 16.1 Å². The Kier molecular flexibility index (Phi) is 2.91. The average Bonchev–Trinajstić information content (AvgIpc) is 2.97. The van der Waals surface area contributed by atoms with Crippen molar-refractivity contribution in [2.45, 2.75) is 6.54 Å². The van der Waals surface area contributed by atoms with Gasteiger partial charge in [0.15, 0.2) is 0 Å². The van der Waals surface area contributed by atoms with E-state index in [0.29, 0.717) is 12.3 Å². The number of benzene rings is 1. The Hall–Kier alpha value is -2.01. The van der Waals surface area contributed by atoms with Gasteiger partial charge in [0.2, 0.25) is 0 Å². The van der Waals surface area contributed by atoms with Crippen molar-refractivity contribution in [1.29, 1.82) is 0 Å². The topological polar surface area (TPSA) is 55.4 Å². The molecule has 0 spiro atoms. The highest BCUT2D eigenvalue weighted by Crippen LogP contribution is 2.22. The minimum Gasteiger partial charge on any atom is -0.478 e. The minimum atomic E-state index is -0.969. The largest absolute Gasteiger partial charge is 0.478 e. The van der Waals surface area contributed by atoms with Crippen LogP contribution in [0.15, 0.2) is 51.7 Å². The predicted octanol–water partition coefficient (Wildman–Crippen LogP) is 3.74. The lowest BCUT2D eigenvalue weighted by molar-refractivity contribution is 0.0694. The van der Waals surface area contributed by atoms with Crippen molar-refractivity contribution >= 4 is 32.8 Å². The molecule has 0 unspecified atom stereocenters. The Morgan fingerprint density at radius 3 is 2.95 bits per heavy atom. The second-order valence-corrected chi connectivity index (χ2v) is 5.13. The van der Waals surface area contributed by atoms with E-state index in [1.807, 2.05) is 35.0 Å². The van der Waals surface area contributed by atoms with E-state index in [-0.39, 0.29) is 5.56 Å². The van der Waals surface area contributed by atoms with Crippen LogP contribution in [0.2, 0.25) is 0 Å². The Bertz CT molecular complexity index is 757. The van der Waals surface area contributed by atoms with Crippen LogP contribution in [-0.4, -0.2) is 15.6 Å². The fraction of sp³-hybridized carbons (Fsp3) is 0.0714. The van der Waals surface area contributed by atoms with Gasteiger partial charge in [-0.15, -0.1) is 0 Å². The van der Waals surface area contributed by atoms with E-state index in [2.05, 4.69) is 15.9 Å².